The van der Waals surface area contributed by atoms with Crippen molar-refractivity contribution in [2.75, 3.05) is 6.54 Å². The van der Waals surface area contributed by atoms with Crippen LogP contribution < -0.4 is 10.6 Å². The molecular weight excluding hydrogens is 350 g/mol. The van der Waals surface area contributed by atoms with Crippen molar-refractivity contribution in [2.45, 2.75) is 19.5 Å². The lowest BCUT2D eigenvalue weighted by Crippen LogP contribution is -2.30. The van der Waals surface area contributed by atoms with E-state index in [0.717, 1.165) is 11.1 Å². The van der Waals surface area contributed by atoms with Gasteiger partial charge in [-0.2, -0.15) is 5.10 Å². The fourth-order valence-electron chi connectivity index (χ4n) is 2.41. The van der Waals surface area contributed by atoms with Gasteiger partial charge in [0.15, 0.2) is 0 Å². The first kappa shape index (κ1) is 17.8. The number of nitrogens with one attached hydrogen (secondary N) is 2. The van der Waals surface area contributed by atoms with Crippen LogP contribution in [0, 0.1) is 0 Å². The molecule has 3 rings (SSSR count). The molecule has 0 atom stereocenters. The summed E-state index contributed by atoms with van der Waals surface area (Å²) in [5.74, 6) is -0.244. The van der Waals surface area contributed by atoms with Crippen LogP contribution in [0.1, 0.15) is 27.2 Å². The Hall–Kier alpha value is -3.00. The van der Waals surface area contributed by atoms with Gasteiger partial charge in [0.2, 0.25) is 5.91 Å². The monoisotopic (exact) mass is 369 g/mol. The van der Waals surface area contributed by atoms with Crippen LogP contribution >= 0.6 is 11.3 Å². The number of hydrogen-bond donors (Lipinski definition) is 2. The number of benzene rings is 1. The van der Waals surface area contributed by atoms with Gasteiger partial charge in [0, 0.05) is 19.5 Å². The Morgan fingerprint density at radius 3 is 2.77 bits per heavy atom. The van der Waals surface area contributed by atoms with Crippen molar-refractivity contribution in [1.29, 1.82) is 0 Å². The summed E-state index contributed by atoms with van der Waals surface area (Å²) in [6.07, 6.45) is 3.41. The summed E-state index contributed by atoms with van der Waals surface area (Å²) in [7, 11) is 0. The lowest BCUT2D eigenvalue weighted by Gasteiger charge is -2.08. The minimum Gasteiger partial charge on any atom is -0.352 e. The highest BCUT2D eigenvalue weighted by atomic mass is 32.1. The molecule has 0 radical (unpaired) electrons. The van der Waals surface area contributed by atoms with E-state index >= 15 is 0 Å². The molecule has 3 aromatic rings. The Kier molecular flexibility index (Phi) is 6.10. The highest BCUT2D eigenvalue weighted by molar-refractivity contribution is 7.12. The van der Waals surface area contributed by atoms with E-state index < -0.39 is 0 Å². The maximum Gasteiger partial charge on any atom is 0.261 e. The van der Waals surface area contributed by atoms with Gasteiger partial charge in [0.05, 0.1) is 11.4 Å². The standard InChI is InChI=1S/C18H19N5O2S/c24-17(6-7-20-18(25)16-5-2-8-26-16)21-10-14-3-1-4-15(9-14)11-23-13-19-12-22-23/h1-5,8-9,12-13H,6-7,10-11H2,(H,20,25)(H,21,24). The molecule has 0 aliphatic heterocycles. The molecule has 0 spiro atoms. The number of rotatable bonds is 8. The highest BCUT2D eigenvalue weighted by Crippen LogP contribution is 2.08. The molecular formula is C18H19N5O2S. The van der Waals surface area contributed by atoms with E-state index in [1.807, 2.05) is 35.7 Å². The molecule has 2 heterocycles. The Labute approximate surface area is 155 Å². The first-order chi connectivity index (χ1) is 12.7. The van der Waals surface area contributed by atoms with E-state index in [1.54, 1.807) is 17.1 Å². The van der Waals surface area contributed by atoms with Gasteiger partial charge in [-0.3, -0.25) is 9.59 Å². The SMILES string of the molecule is O=C(CCNC(=O)c1cccs1)NCc1cccc(Cn2cncn2)c1. The zero-order valence-corrected chi connectivity index (χ0v) is 14.9. The molecule has 7 nitrogen and oxygen atoms in total. The quantitative estimate of drug-likeness (QED) is 0.634. The average molecular weight is 369 g/mol. The Balaban J connectivity index is 1.40. The molecule has 134 valence electrons. The van der Waals surface area contributed by atoms with Crippen LogP contribution in [0.3, 0.4) is 0 Å². The summed E-state index contributed by atoms with van der Waals surface area (Å²) in [4.78, 5) is 28.3. The molecule has 0 fully saturated rings. The van der Waals surface area contributed by atoms with E-state index in [1.165, 1.54) is 17.7 Å². The van der Waals surface area contributed by atoms with E-state index in [9.17, 15) is 9.59 Å². The summed E-state index contributed by atoms with van der Waals surface area (Å²) in [6.45, 7) is 1.40. The molecule has 1 aromatic carbocycles. The molecule has 2 amide bonds. The molecule has 0 unspecified atom stereocenters. The first-order valence-corrected chi connectivity index (χ1v) is 9.07. The second kappa shape index (κ2) is 8.91. The summed E-state index contributed by atoms with van der Waals surface area (Å²) in [6, 6.07) is 11.5. The zero-order chi connectivity index (χ0) is 18.2. The van der Waals surface area contributed by atoms with E-state index in [0.29, 0.717) is 24.5 Å². The minimum atomic E-state index is -0.145. The Morgan fingerprint density at radius 1 is 1.12 bits per heavy atom. The molecule has 0 saturated heterocycles. The van der Waals surface area contributed by atoms with Crippen LogP contribution in [0.5, 0.6) is 0 Å². The number of nitrogens with zero attached hydrogens (tertiary/aromatic N) is 3. The first-order valence-electron chi connectivity index (χ1n) is 8.19. The number of amides is 2. The summed E-state index contributed by atoms with van der Waals surface area (Å²) in [5, 5.41) is 11.5. The highest BCUT2D eigenvalue weighted by Gasteiger charge is 2.07. The second-order valence-electron chi connectivity index (χ2n) is 5.67. The summed E-state index contributed by atoms with van der Waals surface area (Å²) >= 11 is 1.38. The normalized spacial score (nSPS) is 10.5. The van der Waals surface area contributed by atoms with Gasteiger partial charge in [-0.25, -0.2) is 9.67 Å². The number of aromatic nitrogens is 3. The Bertz CT molecular complexity index is 846. The van der Waals surface area contributed by atoms with Gasteiger partial charge in [-0.15, -0.1) is 11.3 Å². The summed E-state index contributed by atoms with van der Waals surface area (Å²) < 4.78 is 1.74. The number of carbonyl (C=O) groups excluding carboxylic acids is 2. The lowest BCUT2D eigenvalue weighted by atomic mass is 10.1. The van der Waals surface area contributed by atoms with Gasteiger partial charge < -0.3 is 10.6 Å². The van der Waals surface area contributed by atoms with Crippen LogP contribution in [0.2, 0.25) is 0 Å². The van der Waals surface area contributed by atoms with Crippen molar-refractivity contribution in [3.8, 4) is 0 Å². The van der Waals surface area contributed by atoms with E-state index in [-0.39, 0.29) is 18.2 Å². The topological polar surface area (TPSA) is 88.9 Å². The minimum absolute atomic E-state index is 0.0989. The third-order valence-electron chi connectivity index (χ3n) is 3.67. The summed E-state index contributed by atoms with van der Waals surface area (Å²) in [5.41, 5.74) is 2.10. The maximum absolute atomic E-state index is 11.9. The van der Waals surface area contributed by atoms with Crippen molar-refractivity contribution in [3.63, 3.8) is 0 Å². The van der Waals surface area contributed by atoms with Gasteiger partial charge in [-0.1, -0.05) is 30.3 Å². The van der Waals surface area contributed by atoms with E-state index in [2.05, 4.69) is 20.7 Å². The van der Waals surface area contributed by atoms with Gasteiger partial charge in [-0.05, 0) is 22.6 Å². The number of thiophene rings is 1. The average Bonchev–Trinajstić information content (AvgIpc) is 3.34. The Morgan fingerprint density at radius 2 is 2.00 bits per heavy atom. The van der Waals surface area contributed by atoms with Crippen molar-refractivity contribution in [2.24, 2.45) is 0 Å². The van der Waals surface area contributed by atoms with Crippen LogP contribution in [-0.4, -0.2) is 33.1 Å². The third-order valence-corrected chi connectivity index (χ3v) is 4.54. The lowest BCUT2D eigenvalue weighted by molar-refractivity contribution is -0.121. The molecule has 0 aliphatic rings. The predicted molar refractivity (Wildman–Crippen MR) is 98.7 cm³/mol. The molecule has 2 N–H and O–H groups in total. The molecule has 2 aromatic heterocycles. The van der Waals surface area contributed by atoms with Crippen molar-refractivity contribution < 1.29 is 9.59 Å². The van der Waals surface area contributed by atoms with Crippen LogP contribution in [-0.2, 0) is 17.9 Å². The molecule has 0 saturated carbocycles. The fourth-order valence-corrected chi connectivity index (χ4v) is 3.05. The van der Waals surface area contributed by atoms with E-state index in [4.69, 9.17) is 0 Å². The van der Waals surface area contributed by atoms with Gasteiger partial charge in [0.25, 0.3) is 5.91 Å². The van der Waals surface area contributed by atoms with Crippen molar-refractivity contribution in [1.82, 2.24) is 25.4 Å². The predicted octanol–water partition coefficient (Wildman–Crippen LogP) is 1.82. The largest absolute Gasteiger partial charge is 0.352 e. The fraction of sp³-hybridized carbons (Fsp3) is 0.222. The van der Waals surface area contributed by atoms with Crippen LogP contribution in [0.25, 0.3) is 0 Å². The smallest absolute Gasteiger partial charge is 0.261 e. The number of carbonyl (C=O) groups is 2. The van der Waals surface area contributed by atoms with Crippen molar-refractivity contribution in [3.05, 3.63) is 70.4 Å². The van der Waals surface area contributed by atoms with Crippen molar-refractivity contribution >= 4 is 23.2 Å². The second-order valence-corrected chi connectivity index (χ2v) is 6.62. The van der Waals surface area contributed by atoms with Crippen LogP contribution in [0.4, 0.5) is 0 Å². The third kappa shape index (κ3) is 5.25. The van der Waals surface area contributed by atoms with Gasteiger partial charge >= 0.3 is 0 Å². The number of hydrogen-bond acceptors (Lipinski definition) is 5. The molecule has 26 heavy (non-hydrogen) atoms. The molecule has 8 heteroatoms. The van der Waals surface area contributed by atoms with Crippen LogP contribution in [0.15, 0.2) is 54.4 Å². The maximum atomic E-state index is 11.9. The zero-order valence-electron chi connectivity index (χ0n) is 14.1. The molecule has 0 aliphatic carbocycles. The molecule has 0 bridgehead atoms. The van der Waals surface area contributed by atoms with Gasteiger partial charge in [0.1, 0.15) is 12.7 Å².